The van der Waals surface area contributed by atoms with E-state index in [2.05, 4.69) is 5.32 Å². The standard InChI is InChI=1S/C12H15ClN2O5/c1-2-12(6-16,7-17)14-11(18)9-4-3-8(15(19)20)5-10(9)13/h3-5,16-17H,2,6-7H2,1H3,(H,14,18). The van der Waals surface area contributed by atoms with Crippen LogP contribution in [0.25, 0.3) is 0 Å². The molecule has 110 valence electrons. The lowest BCUT2D eigenvalue weighted by molar-refractivity contribution is -0.384. The third-order valence-corrected chi connectivity index (χ3v) is 3.38. The lowest BCUT2D eigenvalue weighted by Crippen LogP contribution is -2.53. The van der Waals surface area contributed by atoms with Gasteiger partial charge in [-0.3, -0.25) is 14.9 Å². The summed E-state index contributed by atoms with van der Waals surface area (Å²) in [4.78, 5) is 22.0. The van der Waals surface area contributed by atoms with Crippen molar-refractivity contribution in [3.05, 3.63) is 38.9 Å². The van der Waals surface area contributed by atoms with Crippen LogP contribution in [0.5, 0.6) is 0 Å². The van der Waals surface area contributed by atoms with Crippen LogP contribution < -0.4 is 5.32 Å². The maximum atomic E-state index is 12.1. The number of benzene rings is 1. The lowest BCUT2D eigenvalue weighted by Gasteiger charge is -2.29. The Kier molecular flexibility index (Phi) is 5.43. The van der Waals surface area contributed by atoms with E-state index >= 15 is 0 Å². The number of amides is 1. The first-order valence-corrected chi connectivity index (χ1v) is 6.25. The molecule has 0 heterocycles. The van der Waals surface area contributed by atoms with E-state index in [0.717, 1.165) is 12.1 Å². The van der Waals surface area contributed by atoms with Gasteiger partial charge >= 0.3 is 0 Å². The second kappa shape index (κ2) is 6.65. The molecular formula is C12H15ClN2O5. The normalized spacial score (nSPS) is 11.2. The maximum absolute atomic E-state index is 12.1. The Labute approximate surface area is 120 Å². The smallest absolute Gasteiger partial charge is 0.270 e. The van der Waals surface area contributed by atoms with Gasteiger partial charge in [0.1, 0.15) is 0 Å². The Hall–Kier alpha value is -1.70. The van der Waals surface area contributed by atoms with Crippen molar-refractivity contribution in [1.82, 2.24) is 5.32 Å². The van der Waals surface area contributed by atoms with Crippen LogP contribution in [0.1, 0.15) is 23.7 Å². The number of carbonyl (C=O) groups excluding carboxylic acids is 1. The van der Waals surface area contributed by atoms with Gasteiger partial charge in [-0.1, -0.05) is 18.5 Å². The number of hydrogen-bond acceptors (Lipinski definition) is 5. The minimum atomic E-state index is -1.15. The van der Waals surface area contributed by atoms with Crippen LogP contribution in [0.4, 0.5) is 5.69 Å². The van der Waals surface area contributed by atoms with Gasteiger partial charge in [0.05, 0.1) is 34.3 Å². The third kappa shape index (κ3) is 3.44. The molecule has 0 bridgehead atoms. The molecule has 1 aromatic carbocycles. The van der Waals surface area contributed by atoms with Crippen LogP contribution in [-0.4, -0.2) is 39.8 Å². The molecular weight excluding hydrogens is 288 g/mol. The number of rotatable bonds is 6. The van der Waals surface area contributed by atoms with Gasteiger partial charge in [-0.15, -0.1) is 0 Å². The van der Waals surface area contributed by atoms with E-state index < -0.39 is 29.6 Å². The van der Waals surface area contributed by atoms with Crippen LogP contribution in [0.3, 0.4) is 0 Å². The quantitative estimate of drug-likeness (QED) is 0.538. The van der Waals surface area contributed by atoms with Crippen LogP contribution in [0.15, 0.2) is 18.2 Å². The summed E-state index contributed by atoms with van der Waals surface area (Å²) in [6.07, 6.45) is 0.316. The molecule has 0 aliphatic carbocycles. The van der Waals surface area contributed by atoms with E-state index in [1.165, 1.54) is 6.07 Å². The van der Waals surface area contributed by atoms with Crippen LogP contribution in [0, 0.1) is 10.1 Å². The van der Waals surface area contributed by atoms with E-state index in [-0.39, 0.29) is 16.3 Å². The summed E-state index contributed by atoms with van der Waals surface area (Å²) in [5.41, 5.74) is -1.34. The number of nitro groups is 1. The highest BCUT2D eigenvalue weighted by molar-refractivity contribution is 6.34. The molecule has 0 fully saturated rings. The van der Waals surface area contributed by atoms with Crippen LogP contribution in [0.2, 0.25) is 5.02 Å². The van der Waals surface area contributed by atoms with Crippen molar-refractivity contribution in [2.24, 2.45) is 0 Å². The minimum absolute atomic E-state index is 0.0389. The summed E-state index contributed by atoms with van der Waals surface area (Å²) in [6, 6.07) is 3.46. The van der Waals surface area contributed by atoms with Gasteiger partial charge in [-0.05, 0) is 12.5 Å². The minimum Gasteiger partial charge on any atom is -0.394 e. The number of carbonyl (C=O) groups is 1. The summed E-state index contributed by atoms with van der Waals surface area (Å²) in [5, 5.41) is 31.5. The average molecular weight is 303 g/mol. The van der Waals surface area contributed by atoms with Crippen molar-refractivity contribution >= 4 is 23.2 Å². The zero-order valence-electron chi connectivity index (χ0n) is 10.8. The van der Waals surface area contributed by atoms with E-state index in [9.17, 15) is 25.1 Å². The van der Waals surface area contributed by atoms with Gasteiger partial charge in [0.25, 0.3) is 11.6 Å². The molecule has 8 heteroatoms. The molecule has 1 amide bonds. The fourth-order valence-corrected chi connectivity index (χ4v) is 1.81. The Morgan fingerprint density at radius 2 is 2.05 bits per heavy atom. The van der Waals surface area contributed by atoms with Crippen LogP contribution in [-0.2, 0) is 0 Å². The Bertz CT molecular complexity index is 508. The SMILES string of the molecule is CCC(CO)(CO)NC(=O)c1ccc([N+](=O)[O-])cc1Cl. The molecule has 0 aromatic heterocycles. The van der Waals surface area contributed by atoms with Gasteiger partial charge in [0, 0.05) is 12.1 Å². The fourth-order valence-electron chi connectivity index (χ4n) is 1.55. The molecule has 0 radical (unpaired) electrons. The first-order valence-electron chi connectivity index (χ1n) is 5.87. The molecule has 0 unspecified atom stereocenters. The molecule has 0 aliphatic rings. The number of aliphatic hydroxyl groups is 2. The van der Waals surface area contributed by atoms with Gasteiger partial charge in [-0.2, -0.15) is 0 Å². The summed E-state index contributed by atoms with van der Waals surface area (Å²) in [7, 11) is 0. The third-order valence-electron chi connectivity index (χ3n) is 3.07. The second-order valence-corrected chi connectivity index (χ2v) is 4.73. The number of non-ortho nitro benzene ring substituents is 1. The van der Waals surface area contributed by atoms with Crippen molar-refractivity contribution in [2.75, 3.05) is 13.2 Å². The predicted molar refractivity (Wildman–Crippen MR) is 72.8 cm³/mol. The van der Waals surface area contributed by atoms with Crippen molar-refractivity contribution in [1.29, 1.82) is 0 Å². The molecule has 3 N–H and O–H groups in total. The van der Waals surface area contributed by atoms with Gasteiger partial charge in [-0.25, -0.2) is 0 Å². The average Bonchev–Trinajstić information content (AvgIpc) is 2.44. The zero-order valence-corrected chi connectivity index (χ0v) is 11.6. The van der Waals surface area contributed by atoms with E-state index in [1.54, 1.807) is 6.92 Å². The predicted octanol–water partition coefficient (Wildman–Crippen LogP) is 1.11. The van der Waals surface area contributed by atoms with Crippen molar-refractivity contribution < 1.29 is 19.9 Å². The summed E-state index contributed by atoms with van der Waals surface area (Å²) >= 11 is 5.84. The molecule has 0 saturated carbocycles. The molecule has 1 aromatic rings. The second-order valence-electron chi connectivity index (χ2n) is 4.33. The topological polar surface area (TPSA) is 113 Å². The number of nitro benzene ring substituents is 1. The first kappa shape index (κ1) is 16.4. The summed E-state index contributed by atoms with van der Waals surface area (Å²) in [5.74, 6) is -0.616. The van der Waals surface area contributed by atoms with E-state index in [0.29, 0.717) is 6.42 Å². The maximum Gasteiger partial charge on any atom is 0.270 e. The first-order chi connectivity index (χ1) is 9.39. The van der Waals surface area contributed by atoms with Gasteiger partial charge < -0.3 is 15.5 Å². The highest BCUT2D eigenvalue weighted by atomic mass is 35.5. The largest absolute Gasteiger partial charge is 0.394 e. The Morgan fingerprint density at radius 3 is 2.45 bits per heavy atom. The van der Waals surface area contributed by atoms with E-state index in [1.807, 2.05) is 0 Å². The number of nitrogens with zero attached hydrogens (tertiary/aromatic N) is 1. The van der Waals surface area contributed by atoms with Gasteiger partial charge in [0.2, 0.25) is 0 Å². The summed E-state index contributed by atoms with van der Waals surface area (Å²) < 4.78 is 0. The molecule has 20 heavy (non-hydrogen) atoms. The van der Waals surface area contributed by atoms with Crippen molar-refractivity contribution in [2.45, 2.75) is 18.9 Å². The Morgan fingerprint density at radius 1 is 1.45 bits per heavy atom. The van der Waals surface area contributed by atoms with E-state index in [4.69, 9.17) is 11.6 Å². The van der Waals surface area contributed by atoms with Crippen molar-refractivity contribution in [3.63, 3.8) is 0 Å². The highest BCUT2D eigenvalue weighted by Gasteiger charge is 2.29. The Balaban J connectivity index is 3.01. The molecule has 0 spiro atoms. The molecule has 0 atom stereocenters. The fraction of sp³-hybridized carbons (Fsp3) is 0.417. The number of nitrogens with one attached hydrogen (secondary N) is 1. The molecule has 1 rings (SSSR count). The van der Waals surface area contributed by atoms with Crippen LogP contribution >= 0.6 is 11.6 Å². The molecule has 7 nitrogen and oxygen atoms in total. The van der Waals surface area contributed by atoms with Crippen molar-refractivity contribution in [3.8, 4) is 0 Å². The van der Waals surface area contributed by atoms with Gasteiger partial charge in [0.15, 0.2) is 0 Å². The monoisotopic (exact) mass is 302 g/mol. The zero-order chi connectivity index (χ0) is 15.3. The molecule has 0 aliphatic heterocycles. The highest BCUT2D eigenvalue weighted by Crippen LogP contribution is 2.23. The number of halogens is 1. The lowest BCUT2D eigenvalue weighted by atomic mass is 9.98. The number of aliphatic hydroxyl groups excluding tert-OH is 2. The summed E-state index contributed by atoms with van der Waals surface area (Å²) in [6.45, 7) is 0.830. The number of hydrogen-bond donors (Lipinski definition) is 3. The molecule has 0 saturated heterocycles.